The molecule has 1 amide bonds. The Morgan fingerprint density at radius 3 is 2.50 bits per heavy atom. The van der Waals surface area contributed by atoms with Crippen LogP contribution in [0.25, 0.3) is 27.3 Å². The van der Waals surface area contributed by atoms with Crippen LogP contribution in [0.4, 0.5) is 5.69 Å². The highest BCUT2D eigenvalue weighted by molar-refractivity contribution is 8.01. The van der Waals surface area contributed by atoms with Crippen molar-refractivity contribution in [2.24, 2.45) is 0 Å². The van der Waals surface area contributed by atoms with Crippen LogP contribution in [0.5, 0.6) is 0 Å². The average Bonchev–Trinajstić information content (AvgIpc) is 3.48. The van der Waals surface area contributed by atoms with Crippen molar-refractivity contribution in [3.8, 4) is 17.1 Å². The van der Waals surface area contributed by atoms with Gasteiger partial charge in [0.2, 0.25) is 11.1 Å². The molecule has 2 aromatic heterocycles. The van der Waals surface area contributed by atoms with E-state index in [0.717, 1.165) is 43.1 Å². The number of carbonyl (C=O) groups excluding carboxylic acids is 1. The van der Waals surface area contributed by atoms with Gasteiger partial charge in [0.1, 0.15) is 0 Å². The molecule has 0 spiro atoms. The van der Waals surface area contributed by atoms with E-state index in [-0.39, 0.29) is 11.7 Å². The van der Waals surface area contributed by atoms with Gasteiger partial charge in [-0.1, -0.05) is 79.0 Å². The molecule has 3 aromatic carbocycles. The predicted octanol–water partition coefficient (Wildman–Crippen LogP) is 6.39. The molecule has 0 fully saturated rings. The summed E-state index contributed by atoms with van der Waals surface area (Å²) in [6.45, 7) is 2.11. The van der Waals surface area contributed by atoms with Crippen molar-refractivity contribution < 1.29 is 4.79 Å². The summed E-state index contributed by atoms with van der Waals surface area (Å²) >= 11 is 4.69. The summed E-state index contributed by atoms with van der Waals surface area (Å²) < 4.78 is 3.93. The first-order valence-electron chi connectivity index (χ1n) is 10.7. The lowest BCUT2D eigenvalue weighted by molar-refractivity contribution is -0.113. The first kappa shape index (κ1) is 22.6. The quantitative estimate of drug-likeness (QED) is 0.248. The number of thioether (sulfide) groups is 2. The van der Waals surface area contributed by atoms with Crippen molar-refractivity contribution in [1.82, 2.24) is 19.7 Å². The zero-order valence-electron chi connectivity index (χ0n) is 18.3. The van der Waals surface area contributed by atoms with E-state index in [1.165, 1.54) is 11.8 Å². The SMILES string of the molecule is CCSc1nc2ccc(NC(=O)CSc3nc(-c4ccccc4)n(-c4ccccc4)n3)cc2s1. The zero-order valence-corrected chi connectivity index (χ0v) is 20.8. The van der Waals surface area contributed by atoms with E-state index in [2.05, 4.69) is 22.3 Å². The molecule has 6 nitrogen and oxygen atoms in total. The van der Waals surface area contributed by atoms with Crippen LogP contribution in [-0.4, -0.2) is 37.2 Å². The summed E-state index contributed by atoms with van der Waals surface area (Å²) in [6, 6.07) is 25.6. The number of carbonyl (C=O) groups is 1. The summed E-state index contributed by atoms with van der Waals surface area (Å²) in [5.41, 5.74) is 3.61. The number of thiazole rings is 1. The normalized spacial score (nSPS) is 11.1. The fraction of sp³-hybridized carbons (Fsp3) is 0.120. The van der Waals surface area contributed by atoms with Crippen LogP contribution in [0, 0.1) is 0 Å². The molecular weight excluding hydrogens is 483 g/mol. The molecule has 0 atom stereocenters. The maximum atomic E-state index is 12.7. The Bertz CT molecular complexity index is 1360. The summed E-state index contributed by atoms with van der Waals surface area (Å²) in [5, 5.41) is 8.21. The molecule has 0 radical (unpaired) electrons. The molecular formula is C25H21N5OS3. The summed E-state index contributed by atoms with van der Waals surface area (Å²) in [5.74, 6) is 1.84. The predicted molar refractivity (Wildman–Crippen MR) is 142 cm³/mol. The molecule has 1 N–H and O–H groups in total. The number of rotatable bonds is 8. The number of hydrogen-bond acceptors (Lipinski definition) is 7. The van der Waals surface area contributed by atoms with Gasteiger partial charge >= 0.3 is 0 Å². The van der Waals surface area contributed by atoms with Crippen LogP contribution in [0.1, 0.15) is 6.92 Å². The molecule has 0 saturated heterocycles. The third kappa shape index (κ3) is 5.16. The van der Waals surface area contributed by atoms with Crippen molar-refractivity contribution in [1.29, 1.82) is 0 Å². The van der Waals surface area contributed by atoms with E-state index in [1.807, 2.05) is 83.5 Å². The van der Waals surface area contributed by atoms with Gasteiger partial charge < -0.3 is 5.32 Å². The Labute approximate surface area is 209 Å². The van der Waals surface area contributed by atoms with E-state index in [0.29, 0.717) is 5.16 Å². The number of nitrogens with zero attached hydrogens (tertiary/aromatic N) is 4. The Morgan fingerprint density at radius 1 is 0.971 bits per heavy atom. The van der Waals surface area contributed by atoms with Gasteiger partial charge in [-0.2, -0.15) is 0 Å². The third-order valence-corrected chi connectivity index (χ3v) is 7.75. The lowest BCUT2D eigenvalue weighted by Gasteiger charge is -2.05. The van der Waals surface area contributed by atoms with Crippen LogP contribution in [0.2, 0.25) is 0 Å². The summed E-state index contributed by atoms with van der Waals surface area (Å²) in [6.07, 6.45) is 0. The topological polar surface area (TPSA) is 72.7 Å². The van der Waals surface area contributed by atoms with Crippen LogP contribution >= 0.6 is 34.9 Å². The van der Waals surface area contributed by atoms with Gasteiger partial charge in [0.25, 0.3) is 0 Å². The fourth-order valence-corrected chi connectivity index (χ4v) is 6.00. The average molecular weight is 504 g/mol. The van der Waals surface area contributed by atoms with Crippen LogP contribution in [0.3, 0.4) is 0 Å². The molecule has 2 heterocycles. The van der Waals surface area contributed by atoms with Crippen LogP contribution < -0.4 is 5.32 Å². The molecule has 0 unspecified atom stereocenters. The molecule has 0 aliphatic rings. The Hall–Kier alpha value is -3.14. The van der Waals surface area contributed by atoms with Gasteiger partial charge in [0, 0.05) is 11.3 Å². The molecule has 34 heavy (non-hydrogen) atoms. The number of hydrogen-bond donors (Lipinski definition) is 1. The number of nitrogens with one attached hydrogen (secondary N) is 1. The standard InChI is InChI=1S/C25H21N5OS3/c1-2-32-25-27-20-14-13-18(15-21(20)34-25)26-22(31)16-33-24-28-23(17-9-5-3-6-10-17)30(29-24)19-11-7-4-8-12-19/h3-15H,2,16H2,1H3,(H,26,31). The minimum Gasteiger partial charge on any atom is -0.325 e. The van der Waals surface area contributed by atoms with E-state index in [9.17, 15) is 4.79 Å². The lowest BCUT2D eigenvalue weighted by Crippen LogP contribution is -2.14. The third-order valence-electron chi connectivity index (χ3n) is 4.87. The van der Waals surface area contributed by atoms with E-state index in [4.69, 9.17) is 4.98 Å². The summed E-state index contributed by atoms with van der Waals surface area (Å²) in [7, 11) is 0. The first-order valence-corrected chi connectivity index (χ1v) is 13.5. The van der Waals surface area contributed by atoms with Gasteiger partial charge in [0.15, 0.2) is 10.2 Å². The first-order chi connectivity index (χ1) is 16.7. The zero-order chi connectivity index (χ0) is 23.3. The van der Waals surface area contributed by atoms with Crippen molar-refractivity contribution in [2.45, 2.75) is 16.4 Å². The second kappa shape index (κ2) is 10.4. The maximum absolute atomic E-state index is 12.7. The molecule has 170 valence electrons. The molecule has 5 rings (SSSR count). The monoisotopic (exact) mass is 503 g/mol. The minimum atomic E-state index is -0.102. The van der Waals surface area contributed by atoms with Crippen molar-refractivity contribution in [2.75, 3.05) is 16.8 Å². The Balaban J connectivity index is 1.30. The number of para-hydroxylation sites is 1. The Morgan fingerprint density at radius 2 is 1.74 bits per heavy atom. The van der Waals surface area contributed by atoms with Crippen molar-refractivity contribution >= 4 is 56.7 Å². The van der Waals surface area contributed by atoms with Gasteiger partial charge in [-0.15, -0.1) is 16.4 Å². The molecule has 0 aliphatic carbocycles. The maximum Gasteiger partial charge on any atom is 0.234 e. The molecule has 0 saturated carbocycles. The second-order valence-electron chi connectivity index (χ2n) is 7.26. The van der Waals surface area contributed by atoms with Gasteiger partial charge in [-0.3, -0.25) is 4.79 Å². The number of fused-ring (bicyclic) bond motifs is 1. The molecule has 9 heteroatoms. The smallest absolute Gasteiger partial charge is 0.234 e. The molecule has 5 aromatic rings. The van der Waals surface area contributed by atoms with Crippen LogP contribution in [-0.2, 0) is 4.79 Å². The minimum absolute atomic E-state index is 0.102. The summed E-state index contributed by atoms with van der Waals surface area (Å²) in [4.78, 5) is 22.0. The highest BCUT2D eigenvalue weighted by atomic mass is 32.2. The highest BCUT2D eigenvalue weighted by Crippen LogP contribution is 2.31. The van der Waals surface area contributed by atoms with Crippen molar-refractivity contribution in [3.05, 3.63) is 78.9 Å². The largest absolute Gasteiger partial charge is 0.325 e. The lowest BCUT2D eigenvalue weighted by atomic mass is 10.2. The second-order valence-corrected chi connectivity index (χ2v) is 10.7. The number of aromatic nitrogens is 4. The number of amides is 1. The van der Waals surface area contributed by atoms with Gasteiger partial charge in [0.05, 0.1) is 21.7 Å². The van der Waals surface area contributed by atoms with E-state index < -0.39 is 0 Å². The fourth-order valence-electron chi connectivity index (χ4n) is 3.37. The van der Waals surface area contributed by atoms with Crippen molar-refractivity contribution in [3.63, 3.8) is 0 Å². The van der Waals surface area contributed by atoms with Gasteiger partial charge in [-0.25, -0.2) is 14.6 Å². The van der Waals surface area contributed by atoms with E-state index in [1.54, 1.807) is 23.1 Å². The molecule has 0 bridgehead atoms. The number of benzene rings is 3. The Kier molecular flexibility index (Phi) is 6.94. The van der Waals surface area contributed by atoms with E-state index >= 15 is 0 Å². The number of anilines is 1. The molecule has 0 aliphatic heterocycles. The highest BCUT2D eigenvalue weighted by Gasteiger charge is 2.15. The van der Waals surface area contributed by atoms with Crippen LogP contribution in [0.15, 0.2) is 88.4 Å². The van der Waals surface area contributed by atoms with Gasteiger partial charge in [-0.05, 0) is 36.1 Å².